The number of hydrogen-bond acceptors (Lipinski definition) is 4. The summed E-state index contributed by atoms with van der Waals surface area (Å²) in [5, 5.41) is 3.02. The highest BCUT2D eigenvalue weighted by Crippen LogP contribution is 2.16. The smallest absolute Gasteiger partial charge is 0.337 e. The molecule has 0 bridgehead atoms. The van der Waals surface area contributed by atoms with Gasteiger partial charge in [0.25, 0.3) is 0 Å². The molecule has 2 aromatic rings. The first-order chi connectivity index (χ1) is 11.6. The molecule has 0 unspecified atom stereocenters. The van der Waals surface area contributed by atoms with Crippen molar-refractivity contribution in [1.29, 1.82) is 0 Å². The molecule has 0 fully saturated rings. The number of guanidine groups is 1. The van der Waals surface area contributed by atoms with Gasteiger partial charge in [-0.25, -0.2) is 4.79 Å². The van der Waals surface area contributed by atoms with Crippen LogP contribution in [-0.4, -0.2) is 32.7 Å². The Bertz CT molecular complexity index is 718. The van der Waals surface area contributed by atoms with Crippen LogP contribution in [0.1, 0.15) is 15.9 Å². The number of ether oxygens (including phenoxy) is 2. The molecule has 25 heavy (non-hydrogen) atoms. The van der Waals surface area contributed by atoms with E-state index < -0.39 is 0 Å². The van der Waals surface area contributed by atoms with Gasteiger partial charge in [0.05, 0.1) is 19.8 Å². The van der Waals surface area contributed by atoms with Crippen molar-refractivity contribution in [3.63, 3.8) is 0 Å². The summed E-state index contributed by atoms with van der Waals surface area (Å²) in [4.78, 5) is 15.7. The number of carbonyl (C=O) groups excluding carboxylic acids is 1. The van der Waals surface area contributed by atoms with Crippen molar-refractivity contribution in [2.75, 3.05) is 26.1 Å². The van der Waals surface area contributed by atoms with Gasteiger partial charge in [-0.3, -0.25) is 4.99 Å². The zero-order valence-electron chi connectivity index (χ0n) is 14.2. The fourth-order valence-electron chi connectivity index (χ4n) is 2.12. The Kier molecular flexibility index (Phi) is 8.76. The van der Waals surface area contributed by atoms with Crippen molar-refractivity contribution in [3.05, 3.63) is 59.7 Å². The van der Waals surface area contributed by atoms with Crippen molar-refractivity contribution >= 4 is 41.6 Å². The van der Waals surface area contributed by atoms with E-state index in [9.17, 15) is 4.79 Å². The molecular formula is C18H22IN3O3. The standard InChI is InChI=1S/C18H21N3O3.HI/c1-23-16-5-3-4-15(12-16)21-18(19)20-11-10-13-6-8-14(9-7-13)17(22)24-2;/h3-9,12H,10-11H2,1-2H3,(H3,19,20,21);1H. The number of benzene rings is 2. The number of nitrogens with zero attached hydrogens (tertiary/aromatic N) is 1. The highest BCUT2D eigenvalue weighted by Gasteiger charge is 2.04. The van der Waals surface area contributed by atoms with Crippen molar-refractivity contribution in [2.45, 2.75) is 6.42 Å². The monoisotopic (exact) mass is 455 g/mol. The molecule has 0 saturated carbocycles. The number of esters is 1. The summed E-state index contributed by atoms with van der Waals surface area (Å²) in [5.74, 6) is 0.749. The van der Waals surface area contributed by atoms with Crippen molar-refractivity contribution in [3.8, 4) is 5.75 Å². The topological polar surface area (TPSA) is 85.9 Å². The number of nitrogens with one attached hydrogen (secondary N) is 1. The van der Waals surface area contributed by atoms with Crippen molar-refractivity contribution in [2.24, 2.45) is 10.7 Å². The quantitative estimate of drug-likeness (QED) is 0.303. The molecule has 2 aromatic carbocycles. The van der Waals surface area contributed by atoms with Gasteiger partial charge in [0.15, 0.2) is 5.96 Å². The van der Waals surface area contributed by atoms with Crippen LogP contribution in [-0.2, 0) is 11.2 Å². The normalized spacial score (nSPS) is 10.6. The van der Waals surface area contributed by atoms with Gasteiger partial charge in [0.1, 0.15) is 5.75 Å². The van der Waals surface area contributed by atoms with E-state index in [0.29, 0.717) is 18.1 Å². The molecule has 0 saturated heterocycles. The Hall–Kier alpha value is -2.29. The fraction of sp³-hybridized carbons (Fsp3) is 0.222. The maximum absolute atomic E-state index is 11.4. The molecule has 0 aliphatic rings. The molecule has 134 valence electrons. The summed E-state index contributed by atoms with van der Waals surface area (Å²) in [5.41, 5.74) is 8.30. The maximum atomic E-state index is 11.4. The number of carbonyl (C=O) groups is 1. The number of anilines is 1. The molecule has 0 aromatic heterocycles. The van der Waals surface area contributed by atoms with Gasteiger partial charge in [0.2, 0.25) is 0 Å². The molecule has 0 amide bonds. The first-order valence-electron chi connectivity index (χ1n) is 7.50. The van der Waals surface area contributed by atoms with Crippen LogP contribution in [0.5, 0.6) is 5.75 Å². The molecule has 0 radical (unpaired) electrons. The first kappa shape index (κ1) is 20.8. The molecule has 6 nitrogen and oxygen atoms in total. The van der Waals surface area contributed by atoms with Crippen LogP contribution in [0.4, 0.5) is 5.69 Å². The number of hydrogen-bond donors (Lipinski definition) is 2. The van der Waals surface area contributed by atoms with E-state index in [4.69, 9.17) is 10.5 Å². The Morgan fingerprint density at radius 2 is 1.88 bits per heavy atom. The average Bonchev–Trinajstić information content (AvgIpc) is 2.61. The first-order valence-corrected chi connectivity index (χ1v) is 7.50. The Morgan fingerprint density at radius 3 is 2.52 bits per heavy atom. The number of rotatable bonds is 6. The molecule has 0 aliphatic carbocycles. The molecule has 7 heteroatoms. The minimum Gasteiger partial charge on any atom is -0.497 e. The number of nitrogens with two attached hydrogens (primary N) is 1. The van der Waals surface area contributed by atoms with Gasteiger partial charge in [-0.15, -0.1) is 24.0 Å². The maximum Gasteiger partial charge on any atom is 0.337 e. The van der Waals surface area contributed by atoms with E-state index in [2.05, 4.69) is 15.0 Å². The van der Waals surface area contributed by atoms with Gasteiger partial charge in [-0.1, -0.05) is 18.2 Å². The van der Waals surface area contributed by atoms with E-state index >= 15 is 0 Å². The lowest BCUT2D eigenvalue weighted by atomic mass is 10.1. The molecule has 0 heterocycles. The summed E-state index contributed by atoms with van der Waals surface area (Å²) in [6.45, 7) is 0.542. The predicted octanol–water partition coefficient (Wildman–Crippen LogP) is 3.07. The Morgan fingerprint density at radius 1 is 1.16 bits per heavy atom. The van der Waals surface area contributed by atoms with Gasteiger partial charge in [0, 0.05) is 18.3 Å². The van der Waals surface area contributed by atoms with Gasteiger partial charge in [-0.05, 0) is 36.2 Å². The van der Waals surface area contributed by atoms with E-state index in [-0.39, 0.29) is 29.9 Å². The van der Waals surface area contributed by atoms with E-state index in [1.165, 1.54) is 7.11 Å². The molecular weight excluding hydrogens is 433 g/mol. The lowest BCUT2D eigenvalue weighted by Crippen LogP contribution is -2.23. The summed E-state index contributed by atoms with van der Waals surface area (Å²) < 4.78 is 9.82. The summed E-state index contributed by atoms with van der Waals surface area (Å²) >= 11 is 0. The van der Waals surface area contributed by atoms with Crippen molar-refractivity contribution < 1.29 is 14.3 Å². The zero-order chi connectivity index (χ0) is 17.4. The van der Waals surface area contributed by atoms with Crippen molar-refractivity contribution in [1.82, 2.24) is 0 Å². The number of aliphatic imine (C=N–C) groups is 1. The second-order valence-electron chi connectivity index (χ2n) is 5.06. The largest absolute Gasteiger partial charge is 0.497 e. The molecule has 3 N–H and O–H groups in total. The lowest BCUT2D eigenvalue weighted by Gasteiger charge is -2.07. The van der Waals surface area contributed by atoms with Crippen LogP contribution in [0, 0.1) is 0 Å². The summed E-state index contributed by atoms with van der Waals surface area (Å²) in [7, 11) is 2.98. The third kappa shape index (κ3) is 6.61. The van der Waals surface area contributed by atoms with E-state index in [1.54, 1.807) is 19.2 Å². The van der Waals surface area contributed by atoms with Gasteiger partial charge < -0.3 is 20.5 Å². The third-order valence-electron chi connectivity index (χ3n) is 3.40. The van der Waals surface area contributed by atoms with E-state index in [0.717, 1.165) is 23.4 Å². The van der Waals surface area contributed by atoms with Gasteiger partial charge in [-0.2, -0.15) is 0 Å². The second-order valence-corrected chi connectivity index (χ2v) is 5.06. The van der Waals surface area contributed by atoms with Crippen LogP contribution >= 0.6 is 24.0 Å². The highest BCUT2D eigenvalue weighted by atomic mass is 127. The van der Waals surface area contributed by atoms with Crippen LogP contribution < -0.4 is 15.8 Å². The molecule has 0 spiro atoms. The number of methoxy groups -OCH3 is 2. The fourth-order valence-corrected chi connectivity index (χ4v) is 2.12. The minimum absolute atomic E-state index is 0. The average molecular weight is 455 g/mol. The lowest BCUT2D eigenvalue weighted by molar-refractivity contribution is 0.0600. The second kappa shape index (κ2) is 10.5. The molecule has 2 rings (SSSR count). The van der Waals surface area contributed by atoms with Gasteiger partial charge >= 0.3 is 5.97 Å². The Balaban J connectivity index is 0.00000312. The van der Waals surface area contributed by atoms with Crippen LogP contribution in [0.25, 0.3) is 0 Å². The minimum atomic E-state index is -0.341. The molecule has 0 atom stereocenters. The summed E-state index contributed by atoms with van der Waals surface area (Å²) in [6.07, 6.45) is 0.724. The Labute approximate surface area is 164 Å². The van der Waals surface area contributed by atoms with Crippen LogP contribution in [0.3, 0.4) is 0 Å². The van der Waals surface area contributed by atoms with Crippen LogP contribution in [0.15, 0.2) is 53.5 Å². The SMILES string of the molecule is COC(=O)c1ccc(CCN=C(N)Nc2cccc(OC)c2)cc1.I. The highest BCUT2D eigenvalue weighted by molar-refractivity contribution is 14.0. The summed E-state index contributed by atoms with van der Waals surface area (Å²) in [6, 6.07) is 14.7. The molecule has 0 aliphatic heterocycles. The number of halogens is 1. The van der Waals surface area contributed by atoms with Crippen LogP contribution in [0.2, 0.25) is 0 Å². The zero-order valence-corrected chi connectivity index (χ0v) is 16.5. The van der Waals surface area contributed by atoms with E-state index in [1.807, 2.05) is 36.4 Å². The predicted molar refractivity (Wildman–Crippen MR) is 110 cm³/mol. The third-order valence-corrected chi connectivity index (χ3v) is 3.40.